The standard InChI is InChI=1S/C11H18N2/c1-10-2-4-11(5-3-10)13-8-6-12-7-9-13/h2,4,12H,3,5-9H2,1H3. The first-order chi connectivity index (χ1) is 6.36. The summed E-state index contributed by atoms with van der Waals surface area (Å²) in [6.45, 7) is 6.85. The van der Waals surface area contributed by atoms with Gasteiger partial charge in [-0.25, -0.2) is 0 Å². The zero-order chi connectivity index (χ0) is 9.10. The molecule has 1 N–H and O–H groups in total. The lowest BCUT2D eigenvalue weighted by Crippen LogP contribution is -2.42. The number of hydrogen-bond acceptors (Lipinski definition) is 2. The van der Waals surface area contributed by atoms with Gasteiger partial charge in [0.15, 0.2) is 0 Å². The van der Waals surface area contributed by atoms with Crippen molar-refractivity contribution in [3.05, 3.63) is 23.4 Å². The maximum atomic E-state index is 3.38. The topological polar surface area (TPSA) is 15.3 Å². The summed E-state index contributed by atoms with van der Waals surface area (Å²) >= 11 is 0. The van der Waals surface area contributed by atoms with E-state index < -0.39 is 0 Å². The van der Waals surface area contributed by atoms with Crippen LogP contribution in [0.4, 0.5) is 0 Å². The van der Waals surface area contributed by atoms with Gasteiger partial charge in [0.25, 0.3) is 0 Å². The van der Waals surface area contributed by atoms with E-state index >= 15 is 0 Å². The summed E-state index contributed by atoms with van der Waals surface area (Å²) in [6.07, 6.45) is 7.04. The summed E-state index contributed by atoms with van der Waals surface area (Å²) < 4.78 is 0. The van der Waals surface area contributed by atoms with Crippen molar-refractivity contribution >= 4 is 0 Å². The highest BCUT2D eigenvalue weighted by molar-refractivity contribution is 5.22. The van der Waals surface area contributed by atoms with Crippen molar-refractivity contribution in [3.63, 3.8) is 0 Å². The molecule has 1 heterocycles. The molecule has 0 saturated carbocycles. The minimum Gasteiger partial charge on any atom is -0.372 e. The van der Waals surface area contributed by atoms with E-state index in [9.17, 15) is 0 Å². The summed E-state index contributed by atoms with van der Waals surface area (Å²) in [4.78, 5) is 2.51. The average molecular weight is 178 g/mol. The molecule has 0 spiro atoms. The van der Waals surface area contributed by atoms with E-state index in [4.69, 9.17) is 0 Å². The molecule has 0 bridgehead atoms. The van der Waals surface area contributed by atoms with Crippen LogP contribution in [-0.2, 0) is 0 Å². The molecular formula is C11H18N2. The molecule has 2 heteroatoms. The Bertz CT molecular complexity index is 234. The molecule has 0 aromatic carbocycles. The molecule has 2 nitrogen and oxygen atoms in total. The van der Waals surface area contributed by atoms with Gasteiger partial charge in [-0.15, -0.1) is 0 Å². The maximum absolute atomic E-state index is 3.38. The number of allylic oxidation sites excluding steroid dienone is 4. The van der Waals surface area contributed by atoms with Gasteiger partial charge in [0, 0.05) is 31.9 Å². The van der Waals surface area contributed by atoms with E-state index in [1.165, 1.54) is 37.2 Å². The van der Waals surface area contributed by atoms with E-state index in [0.717, 1.165) is 13.1 Å². The second-order valence-electron chi connectivity index (χ2n) is 3.91. The van der Waals surface area contributed by atoms with Crippen molar-refractivity contribution in [1.82, 2.24) is 10.2 Å². The van der Waals surface area contributed by atoms with Gasteiger partial charge in [0.2, 0.25) is 0 Å². The minimum absolute atomic E-state index is 1.14. The fourth-order valence-electron chi connectivity index (χ4n) is 1.95. The lowest BCUT2D eigenvalue weighted by atomic mass is 10.0. The zero-order valence-electron chi connectivity index (χ0n) is 8.34. The summed E-state index contributed by atoms with van der Waals surface area (Å²) in [6, 6.07) is 0. The third-order valence-corrected chi connectivity index (χ3v) is 2.86. The van der Waals surface area contributed by atoms with Crippen molar-refractivity contribution < 1.29 is 0 Å². The number of nitrogens with zero attached hydrogens (tertiary/aromatic N) is 1. The molecule has 13 heavy (non-hydrogen) atoms. The van der Waals surface area contributed by atoms with Crippen LogP contribution in [0.15, 0.2) is 23.4 Å². The van der Waals surface area contributed by atoms with E-state index in [0.29, 0.717) is 0 Å². The van der Waals surface area contributed by atoms with Crippen molar-refractivity contribution in [1.29, 1.82) is 0 Å². The first kappa shape index (κ1) is 8.82. The molecule has 0 atom stereocenters. The Balaban J connectivity index is 1.99. The van der Waals surface area contributed by atoms with E-state index in [-0.39, 0.29) is 0 Å². The van der Waals surface area contributed by atoms with Crippen LogP contribution < -0.4 is 5.32 Å². The molecule has 0 aromatic heterocycles. The Morgan fingerprint density at radius 2 is 1.92 bits per heavy atom. The quantitative estimate of drug-likeness (QED) is 0.655. The van der Waals surface area contributed by atoms with Gasteiger partial charge < -0.3 is 10.2 Å². The van der Waals surface area contributed by atoms with Crippen LogP contribution in [0.3, 0.4) is 0 Å². The van der Waals surface area contributed by atoms with E-state index in [2.05, 4.69) is 29.3 Å². The molecule has 0 unspecified atom stereocenters. The molecule has 1 aliphatic heterocycles. The van der Waals surface area contributed by atoms with Crippen LogP contribution in [0, 0.1) is 0 Å². The second-order valence-corrected chi connectivity index (χ2v) is 3.91. The van der Waals surface area contributed by atoms with Crippen LogP contribution in [0.25, 0.3) is 0 Å². The molecule has 0 amide bonds. The number of rotatable bonds is 1. The van der Waals surface area contributed by atoms with Gasteiger partial charge in [-0.05, 0) is 25.8 Å². The van der Waals surface area contributed by atoms with Gasteiger partial charge in [-0.1, -0.05) is 11.6 Å². The zero-order valence-corrected chi connectivity index (χ0v) is 8.34. The highest BCUT2D eigenvalue weighted by Gasteiger charge is 2.13. The molecule has 2 rings (SSSR count). The number of hydrogen-bond donors (Lipinski definition) is 1. The molecule has 0 radical (unpaired) electrons. The van der Waals surface area contributed by atoms with Crippen molar-refractivity contribution in [2.45, 2.75) is 19.8 Å². The molecule has 1 saturated heterocycles. The van der Waals surface area contributed by atoms with Crippen LogP contribution >= 0.6 is 0 Å². The van der Waals surface area contributed by atoms with Crippen molar-refractivity contribution in [2.24, 2.45) is 0 Å². The first-order valence-electron chi connectivity index (χ1n) is 5.18. The van der Waals surface area contributed by atoms with E-state index in [1.807, 2.05) is 0 Å². The summed E-state index contributed by atoms with van der Waals surface area (Å²) in [7, 11) is 0. The highest BCUT2D eigenvalue weighted by atomic mass is 15.2. The maximum Gasteiger partial charge on any atom is 0.0300 e. The van der Waals surface area contributed by atoms with Gasteiger partial charge in [0.05, 0.1) is 0 Å². The van der Waals surface area contributed by atoms with Crippen molar-refractivity contribution in [3.8, 4) is 0 Å². The minimum atomic E-state index is 1.14. The lowest BCUT2D eigenvalue weighted by Gasteiger charge is -2.32. The number of nitrogens with one attached hydrogen (secondary N) is 1. The molecule has 1 fully saturated rings. The van der Waals surface area contributed by atoms with E-state index in [1.54, 1.807) is 0 Å². The van der Waals surface area contributed by atoms with Gasteiger partial charge >= 0.3 is 0 Å². The van der Waals surface area contributed by atoms with Gasteiger partial charge in [-0.3, -0.25) is 0 Å². The van der Waals surface area contributed by atoms with Gasteiger partial charge in [-0.2, -0.15) is 0 Å². The third kappa shape index (κ3) is 2.13. The monoisotopic (exact) mass is 178 g/mol. The lowest BCUT2D eigenvalue weighted by molar-refractivity contribution is 0.289. The molecule has 1 aliphatic carbocycles. The summed E-state index contributed by atoms with van der Waals surface area (Å²) in [5, 5.41) is 3.38. The molecule has 2 aliphatic rings. The fourth-order valence-corrected chi connectivity index (χ4v) is 1.95. The third-order valence-electron chi connectivity index (χ3n) is 2.86. The average Bonchev–Trinajstić information content (AvgIpc) is 2.20. The van der Waals surface area contributed by atoms with Crippen LogP contribution in [-0.4, -0.2) is 31.1 Å². The Hall–Kier alpha value is -0.760. The second kappa shape index (κ2) is 3.97. The predicted octanol–water partition coefficient (Wildman–Crippen LogP) is 1.52. The Morgan fingerprint density at radius 3 is 2.54 bits per heavy atom. The van der Waals surface area contributed by atoms with Crippen LogP contribution in [0.2, 0.25) is 0 Å². The molecule has 72 valence electrons. The normalized spacial score (nSPS) is 23.9. The predicted molar refractivity (Wildman–Crippen MR) is 55.5 cm³/mol. The smallest absolute Gasteiger partial charge is 0.0300 e. The SMILES string of the molecule is CC1=CC=C(N2CCNCC2)CC1. The fraction of sp³-hybridized carbons (Fsp3) is 0.636. The Kier molecular flexibility index (Phi) is 2.69. The molecular weight excluding hydrogens is 160 g/mol. The highest BCUT2D eigenvalue weighted by Crippen LogP contribution is 2.20. The van der Waals surface area contributed by atoms with Crippen molar-refractivity contribution in [2.75, 3.05) is 26.2 Å². The summed E-state index contributed by atoms with van der Waals surface area (Å²) in [5.74, 6) is 0. The summed E-state index contributed by atoms with van der Waals surface area (Å²) in [5.41, 5.74) is 3.05. The first-order valence-corrected chi connectivity index (χ1v) is 5.18. The van der Waals surface area contributed by atoms with Crippen LogP contribution in [0.5, 0.6) is 0 Å². The Labute approximate surface area is 80.3 Å². The number of piperazine rings is 1. The Morgan fingerprint density at radius 1 is 1.15 bits per heavy atom. The van der Waals surface area contributed by atoms with Crippen LogP contribution in [0.1, 0.15) is 19.8 Å². The largest absolute Gasteiger partial charge is 0.372 e. The van der Waals surface area contributed by atoms with Gasteiger partial charge in [0.1, 0.15) is 0 Å². The molecule has 0 aromatic rings.